The maximum Gasteiger partial charge on any atom is 0.292 e. The number of nitrogens with two attached hydrogens (primary N) is 1. The molecule has 0 aliphatic heterocycles. The van der Waals surface area contributed by atoms with Gasteiger partial charge in [0.2, 0.25) is 0 Å². The molecule has 16 heavy (non-hydrogen) atoms. The first-order valence-corrected chi connectivity index (χ1v) is 5.64. The fraction of sp³-hybridized carbons (Fsp3) is 0.700. The zero-order valence-corrected chi connectivity index (χ0v) is 10.2. The molecule has 1 aromatic rings. The smallest absolute Gasteiger partial charge is 0.292 e. The highest BCUT2D eigenvalue weighted by molar-refractivity contribution is 5.60. The predicted octanol–water partition coefficient (Wildman–Crippen LogP) is -0.0969. The summed E-state index contributed by atoms with van der Waals surface area (Å²) in [6, 6.07) is 0. The average Bonchev–Trinajstić information content (AvgIpc) is 2.52. The number of likely N-dealkylation sites (N-methyl/N-ethyl adjacent to an activating group) is 1. The number of nitrogens with zero attached hydrogens (tertiary/aromatic N) is 2. The lowest BCUT2D eigenvalue weighted by atomic mass is 10.5. The minimum atomic E-state index is -0.115. The predicted molar refractivity (Wildman–Crippen MR) is 66.9 cm³/mol. The summed E-state index contributed by atoms with van der Waals surface area (Å²) in [5.74, 6) is 0.726. The zero-order valence-electron chi connectivity index (χ0n) is 10.2. The Labute approximate surface area is 95.4 Å². The van der Waals surface area contributed by atoms with E-state index in [9.17, 15) is 4.79 Å². The van der Waals surface area contributed by atoms with Crippen LogP contribution >= 0.6 is 0 Å². The van der Waals surface area contributed by atoms with Crippen LogP contribution in [0.3, 0.4) is 0 Å². The van der Waals surface area contributed by atoms with Crippen molar-refractivity contribution in [3.05, 3.63) is 10.4 Å². The van der Waals surface area contributed by atoms with E-state index in [0.717, 1.165) is 25.5 Å². The number of nitrogen functional groups attached to an aromatic ring is 1. The average molecular weight is 227 g/mol. The molecule has 92 valence electrons. The molecule has 0 saturated heterocycles. The van der Waals surface area contributed by atoms with Gasteiger partial charge in [0.15, 0.2) is 0 Å². The summed E-state index contributed by atoms with van der Waals surface area (Å²) in [5, 5.41) is 6.22. The van der Waals surface area contributed by atoms with E-state index in [1.807, 2.05) is 25.6 Å². The van der Waals surface area contributed by atoms with Crippen LogP contribution in [-0.4, -0.2) is 29.5 Å². The molecule has 0 bridgehead atoms. The van der Waals surface area contributed by atoms with E-state index >= 15 is 0 Å². The third kappa shape index (κ3) is 2.21. The summed E-state index contributed by atoms with van der Waals surface area (Å²) in [7, 11) is 1.88. The molecular weight excluding hydrogens is 206 g/mol. The lowest BCUT2D eigenvalue weighted by molar-refractivity contribution is 0.481. The number of hydrogen-bond donors (Lipinski definition) is 3. The van der Waals surface area contributed by atoms with Crippen molar-refractivity contribution in [2.45, 2.75) is 26.9 Å². The lowest BCUT2D eigenvalue weighted by Crippen LogP contribution is -2.23. The zero-order chi connectivity index (χ0) is 12.1. The molecule has 0 aliphatic carbocycles. The summed E-state index contributed by atoms with van der Waals surface area (Å²) in [4.78, 5) is 11.8. The highest BCUT2D eigenvalue weighted by Crippen LogP contribution is 2.14. The Morgan fingerprint density at radius 2 is 1.81 bits per heavy atom. The first-order chi connectivity index (χ1) is 7.67. The molecule has 4 N–H and O–H groups in total. The molecule has 0 spiro atoms. The Bertz CT molecular complexity index is 393. The van der Waals surface area contributed by atoms with Crippen molar-refractivity contribution in [3.63, 3.8) is 0 Å². The van der Waals surface area contributed by atoms with Gasteiger partial charge in [-0.3, -0.25) is 9.48 Å². The third-order valence-electron chi connectivity index (χ3n) is 2.54. The van der Waals surface area contributed by atoms with Crippen molar-refractivity contribution in [1.82, 2.24) is 14.7 Å². The summed E-state index contributed by atoms with van der Waals surface area (Å²) in [5.41, 5.74) is 5.99. The van der Waals surface area contributed by atoms with Crippen LogP contribution in [0, 0.1) is 0 Å². The van der Waals surface area contributed by atoms with Gasteiger partial charge in [-0.2, -0.15) is 0 Å². The molecular formula is C10H21N5O. The molecule has 0 amide bonds. The van der Waals surface area contributed by atoms with Gasteiger partial charge in [-0.25, -0.2) is 4.68 Å². The van der Waals surface area contributed by atoms with Crippen LogP contribution in [0.4, 0.5) is 11.5 Å². The quantitative estimate of drug-likeness (QED) is 0.593. The Kier molecular flexibility index (Phi) is 4.42. The van der Waals surface area contributed by atoms with Crippen LogP contribution in [0.25, 0.3) is 0 Å². The van der Waals surface area contributed by atoms with Crippen LogP contribution < -0.4 is 21.9 Å². The van der Waals surface area contributed by atoms with Crippen molar-refractivity contribution >= 4 is 11.5 Å². The minimum Gasteiger partial charge on any atom is -0.391 e. The minimum absolute atomic E-state index is 0.115. The van der Waals surface area contributed by atoms with Crippen molar-refractivity contribution in [2.24, 2.45) is 0 Å². The largest absolute Gasteiger partial charge is 0.391 e. The van der Waals surface area contributed by atoms with E-state index in [0.29, 0.717) is 12.2 Å². The maximum absolute atomic E-state index is 11.8. The van der Waals surface area contributed by atoms with E-state index in [1.165, 1.54) is 0 Å². The Hall–Kier alpha value is -1.43. The van der Waals surface area contributed by atoms with Gasteiger partial charge in [0.1, 0.15) is 11.5 Å². The second kappa shape index (κ2) is 5.60. The first-order valence-electron chi connectivity index (χ1n) is 5.64. The van der Waals surface area contributed by atoms with Crippen LogP contribution in [0.15, 0.2) is 4.79 Å². The summed E-state index contributed by atoms with van der Waals surface area (Å²) >= 11 is 0. The van der Waals surface area contributed by atoms with Gasteiger partial charge in [0.05, 0.1) is 0 Å². The molecule has 0 unspecified atom stereocenters. The normalized spacial score (nSPS) is 10.7. The number of hydrogen-bond acceptors (Lipinski definition) is 4. The van der Waals surface area contributed by atoms with Crippen molar-refractivity contribution in [1.29, 1.82) is 0 Å². The molecule has 0 atom stereocenters. The molecule has 1 aromatic heterocycles. The highest BCUT2D eigenvalue weighted by atomic mass is 16.1. The van der Waals surface area contributed by atoms with Crippen molar-refractivity contribution in [3.8, 4) is 0 Å². The van der Waals surface area contributed by atoms with E-state index in [2.05, 4.69) is 10.6 Å². The molecule has 0 radical (unpaired) electrons. The van der Waals surface area contributed by atoms with Gasteiger partial charge in [0, 0.05) is 26.2 Å². The van der Waals surface area contributed by atoms with Gasteiger partial charge in [-0.1, -0.05) is 0 Å². The van der Waals surface area contributed by atoms with Gasteiger partial charge < -0.3 is 16.4 Å². The SMILES string of the molecule is CCn1c(NCCNC)c(N)c(=O)n1CC. The summed E-state index contributed by atoms with van der Waals surface area (Å²) in [6.07, 6.45) is 0. The van der Waals surface area contributed by atoms with Gasteiger partial charge in [0.25, 0.3) is 5.56 Å². The number of anilines is 2. The fourth-order valence-electron chi connectivity index (χ4n) is 1.75. The Balaban J connectivity index is 3.02. The van der Waals surface area contributed by atoms with Crippen LogP contribution in [0.2, 0.25) is 0 Å². The molecule has 0 saturated carbocycles. The number of nitrogens with one attached hydrogen (secondary N) is 2. The highest BCUT2D eigenvalue weighted by Gasteiger charge is 2.14. The van der Waals surface area contributed by atoms with Crippen molar-refractivity contribution < 1.29 is 0 Å². The number of aromatic nitrogens is 2. The van der Waals surface area contributed by atoms with Gasteiger partial charge in [-0.05, 0) is 20.9 Å². The van der Waals surface area contributed by atoms with E-state index in [4.69, 9.17) is 5.73 Å². The van der Waals surface area contributed by atoms with Crippen molar-refractivity contribution in [2.75, 3.05) is 31.2 Å². The Morgan fingerprint density at radius 1 is 1.19 bits per heavy atom. The van der Waals surface area contributed by atoms with E-state index in [1.54, 1.807) is 4.68 Å². The van der Waals surface area contributed by atoms with E-state index in [-0.39, 0.29) is 5.56 Å². The molecule has 6 nitrogen and oxygen atoms in total. The molecule has 1 rings (SSSR count). The fourth-order valence-corrected chi connectivity index (χ4v) is 1.75. The molecule has 6 heteroatoms. The standard InChI is InChI=1S/C10H21N5O/c1-4-14-9(13-7-6-12-3)8(11)10(16)15(14)5-2/h12-13H,4-7,11H2,1-3H3. The third-order valence-corrected chi connectivity index (χ3v) is 2.54. The second-order valence-electron chi connectivity index (χ2n) is 3.53. The van der Waals surface area contributed by atoms with Gasteiger partial charge in [-0.15, -0.1) is 0 Å². The van der Waals surface area contributed by atoms with Crippen LogP contribution in [0.1, 0.15) is 13.8 Å². The molecule has 0 aliphatic rings. The Morgan fingerprint density at radius 3 is 2.31 bits per heavy atom. The topological polar surface area (TPSA) is 77.0 Å². The number of rotatable bonds is 6. The molecule has 0 fully saturated rings. The van der Waals surface area contributed by atoms with Gasteiger partial charge >= 0.3 is 0 Å². The maximum atomic E-state index is 11.8. The lowest BCUT2D eigenvalue weighted by Gasteiger charge is -2.12. The molecule has 0 aromatic carbocycles. The molecule has 1 heterocycles. The van der Waals surface area contributed by atoms with Crippen LogP contribution in [0.5, 0.6) is 0 Å². The van der Waals surface area contributed by atoms with Crippen LogP contribution in [-0.2, 0) is 13.1 Å². The first kappa shape index (κ1) is 12.6. The summed E-state index contributed by atoms with van der Waals surface area (Å²) in [6.45, 7) is 6.86. The summed E-state index contributed by atoms with van der Waals surface area (Å²) < 4.78 is 3.53. The monoisotopic (exact) mass is 227 g/mol. The van der Waals surface area contributed by atoms with E-state index < -0.39 is 0 Å². The second-order valence-corrected chi connectivity index (χ2v) is 3.53.